The van der Waals surface area contributed by atoms with Gasteiger partial charge in [-0.2, -0.15) is 0 Å². The number of nitrogens with zero attached hydrogens (tertiary/aromatic N) is 3. The van der Waals surface area contributed by atoms with E-state index in [1.165, 1.54) is 33.5 Å². The Morgan fingerprint density at radius 1 is 0.433 bits per heavy atom. The molecule has 0 amide bonds. The van der Waals surface area contributed by atoms with Crippen molar-refractivity contribution in [2.45, 2.75) is 65.3 Å². The predicted octanol–water partition coefficient (Wildman–Crippen LogP) is 17.4. The van der Waals surface area contributed by atoms with Crippen molar-refractivity contribution in [3.05, 3.63) is 235 Å². The Labute approximate surface area is 398 Å². The maximum Gasteiger partial charge on any atom is 0.160 e. The number of hydrogen-bond acceptors (Lipinski definition) is 3. The van der Waals surface area contributed by atoms with Crippen LogP contribution in [0.3, 0.4) is 0 Å². The van der Waals surface area contributed by atoms with E-state index in [9.17, 15) is 0 Å². The maximum atomic E-state index is 5.41. The summed E-state index contributed by atoms with van der Waals surface area (Å²) in [5.74, 6) is 0.689. The minimum Gasteiger partial charge on any atom is -0.330 e. The summed E-state index contributed by atoms with van der Waals surface area (Å²) in [6, 6.07) is 76.2. The van der Waals surface area contributed by atoms with E-state index in [4.69, 9.17) is 9.97 Å². The number of hydrogen-bond donors (Lipinski definition) is 0. The van der Waals surface area contributed by atoms with Gasteiger partial charge in [0.2, 0.25) is 0 Å². The zero-order chi connectivity index (χ0) is 46.4. The molecule has 3 nitrogen and oxygen atoms in total. The molecule has 0 fully saturated rings. The third kappa shape index (κ3) is 9.55. The van der Waals surface area contributed by atoms with Crippen LogP contribution in [0.5, 0.6) is 0 Å². The molecule has 0 radical (unpaired) electrons. The van der Waals surface area contributed by atoms with Crippen LogP contribution in [0.2, 0.25) is 0 Å². The van der Waals surface area contributed by atoms with Crippen molar-refractivity contribution in [1.82, 2.24) is 9.97 Å². The molecule has 1 unspecified atom stereocenters. The van der Waals surface area contributed by atoms with Crippen molar-refractivity contribution in [2.75, 3.05) is 4.90 Å². The van der Waals surface area contributed by atoms with Crippen LogP contribution in [0, 0.1) is 0 Å². The highest BCUT2D eigenvalue weighted by Gasteiger charge is 2.37. The molecular formula is C64H59N3. The summed E-state index contributed by atoms with van der Waals surface area (Å²) in [7, 11) is 0. The quantitative estimate of drug-likeness (QED) is 0.116. The third-order valence-corrected chi connectivity index (χ3v) is 13.0. The smallest absolute Gasteiger partial charge is 0.160 e. The van der Waals surface area contributed by atoms with Crippen LogP contribution in [0.1, 0.15) is 64.7 Å². The molecule has 3 heteroatoms. The van der Waals surface area contributed by atoms with Gasteiger partial charge in [0.1, 0.15) is 0 Å². The lowest BCUT2D eigenvalue weighted by Crippen LogP contribution is -2.43. The van der Waals surface area contributed by atoms with Gasteiger partial charge in [0.25, 0.3) is 0 Å². The summed E-state index contributed by atoms with van der Waals surface area (Å²) < 4.78 is 0. The molecule has 9 aromatic rings. The topological polar surface area (TPSA) is 29.0 Å². The second-order valence-corrected chi connectivity index (χ2v) is 18.6. The second-order valence-electron chi connectivity index (χ2n) is 18.6. The monoisotopic (exact) mass is 869 g/mol. The van der Waals surface area contributed by atoms with Crippen LogP contribution in [0.15, 0.2) is 218 Å². The number of benzene rings is 8. The van der Waals surface area contributed by atoms with E-state index in [0.717, 1.165) is 68.9 Å². The summed E-state index contributed by atoms with van der Waals surface area (Å²) in [4.78, 5) is 13.3. The highest BCUT2D eigenvalue weighted by molar-refractivity contribution is 6.01. The molecule has 0 aliphatic heterocycles. The van der Waals surface area contributed by atoms with Gasteiger partial charge in [0, 0.05) is 33.4 Å². The van der Waals surface area contributed by atoms with Gasteiger partial charge in [-0.25, -0.2) is 9.97 Å². The van der Waals surface area contributed by atoms with E-state index in [2.05, 4.69) is 265 Å². The van der Waals surface area contributed by atoms with Crippen LogP contribution in [-0.4, -0.2) is 15.5 Å². The molecule has 0 saturated heterocycles. The molecule has 0 aliphatic carbocycles. The number of anilines is 2. The molecule has 1 aromatic heterocycles. The fourth-order valence-corrected chi connectivity index (χ4v) is 9.08. The summed E-state index contributed by atoms with van der Waals surface area (Å²) >= 11 is 0. The van der Waals surface area contributed by atoms with Crippen molar-refractivity contribution in [2.24, 2.45) is 0 Å². The predicted molar refractivity (Wildman–Crippen MR) is 285 cm³/mol. The lowest BCUT2D eigenvalue weighted by atomic mass is 9.81. The first kappa shape index (κ1) is 44.6. The zero-order valence-electron chi connectivity index (χ0n) is 39.6. The largest absolute Gasteiger partial charge is 0.330 e. The molecule has 330 valence electrons. The Kier molecular flexibility index (Phi) is 12.9. The summed E-state index contributed by atoms with van der Waals surface area (Å²) in [6.45, 7) is 14.0. The van der Waals surface area contributed by atoms with E-state index in [0.29, 0.717) is 5.82 Å². The average molecular weight is 870 g/mol. The fourth-order valence-electron chi connectivity index (χ4n) is 9.08. The maximum absolute atomic E-state index is 5.41. The first-order valence-corrected chi connectivity index (χ1v) is 23.7. The molecule has 0 N–H and O–H groups in total. The average Bonchev–Trinajstić information content (AvgIpc) is 3.39. The first-order chi connectivity index (χ1) is 32.6. The fraction of sp³-hybridized carbons (Fsp3) is 0.156. The van der Waals surface area contributed by atoms with Gasteiger partial charge in [-0.1, -0.05) is 235 Å². The lowest BCUT2D eigenvalue weighted by molar-refractivity contribution is 0.548. The Morgan fingerprint density at radius 3 is 1.30 bits per heavy atom. The highest BCUT2D eigenvalue weighted by Crippen LogP contribution is 2.53. The number of rotatable bonds is 13. The van der Waals surface area contributed by atoms with Gasteiger partial charge in [-0.05, 0) is 82.8 Å². The van der Waals surface area contributed by atoms with Crippen molar-refractivity contribution in [1.29, 1.82) is 0 Å². The van der Waals surface area contributed by atoms with E-state index in [1.807, 2.05) is 6.07 Å². The molecule has 0 bridgehead atoms. The zero-order valence-corrected chi connectivity index (χ0v) is 39.6. The van der Waals surface area contributed by atoms with Crippen LogP contribution in [0.4, 0.5) is 11.4 Å². The van der Waals surface area contributed by atoms with Gasteiger partial charge in [0.15, 0.2) is 5.82 Å². The molecule has 1 heterocycles. The van der Waals surface area contributed by atoms with Crippen LogP contribution < -0.4 is 4.90 Å². The summed E-state index contributed by atoms with van der Waals surface area (Å²) in [5.41, 5.74) is 17.2. The Hall–Kier alpha value is -7.62. The normalized spacial score (nSPS) is 12.5. The van der Waals surface area contributed by atoms with Gasteiger partial charge in [0.05, 0.1) is 28.3 Å². The van der Waals surface area contributed by atoms with E-state index < -0.39 is 5.54 Å². The highest BCUT2D eigenvalue weighted by atomic mass is 15.2. The molecule has 0 spiro atoms. The molecule has 67 heavy (non-hydrogen) atoms. The first-order valence-electron chi connectivity index (χ1n) is 23.7. The van der Waals surface area contributed by atoms with Crippen LogP contribution >= 0.6 is 0 Å². The molecule has 9 rings (SSSR count). The minimum atomic E-state index is -0.531. The van der Waals surface area contributed by atoms with E-state index >= 15 is 0 Å². The van der Waals surface area contributed by atoms with Crippen molar-refractivity contribution >= 4 is 17.5 Å². The second kappa shape index (κ2) is 19.5. The van der Waals surface area contributed by atoms with Crippen molar-refractivity contribution in [3.63, 3.8) is 0 Å². The number of aryl methyl sites for hydroxylation is 1. The molecule has 1 atom stereocenters. The SMILES string of the molecule is CCc1cc(C(C)(C)C)cc(-c2ccccc2)c1N(c1c(-c2ccccc2)cc(-c2cc(-c3ccccc3)nc(-c3ccccc3)n2)cc1-c1ccccc1)C(C)(/C=C/c1ccccc1)CC. The summed E-state index contributed by atoms with van der Waals surface area (Å²) in [6.07, 6.45) is 6.42. The molecule has 0 aliphatic rings. The molecule has 8 aromatic carbocycles. The van der Waals surface area contributed by atoms with Gasteiger partial charge >= 0.3 is 0 Å². The number of aromatic nitrogens is 2. The van der Waals surface area contributed by atoms with Gasteiger partial charge in [-0.15, -0.1) is 0 Å². The minimum absolute atomic E-state index is 0.0706. The van der Waals surface area contributed by atoms with E-state index in [1.54, 1.807) is 0 Å². The van der Waals surface area contributed by atoms with E-state index in [-0.39, 0.29) is 5.41 Å². The van der Waals surface area contributed by atoms with Crippen molar-refractivity contribution < 1.29 is 0 Å². The van der Waals surface area contributed by atoms with Crippen molar-refractivity contribution in [3.8, 4) is 67.3 Å². The summed E-state index contributed by atoms with van der Waals surface area (Å²) in [5, 5.41) is 0. The molecule has 0 saturated carbocycles. The van der Waals surface area contributed by atoms with Gasteiger partial charge < -0.3 is 4.90 Å². The third-order valence-electron chi connectivity index (χ3n) is 13.0. The lowest BCUT2D eigenvalue weighted by Gasteiger charge is -2.45. The van der Waals surface area contributed by atoms with Crippen LogP contribution in [0.25, 0.3) is 73.4 Å². The Balaban J connectivity index is 1.44. The standard InChI is InChI=1S/C64H59N3/c1-7-47-41-54(63(3,4)5)44-57(50-33-21-12-22-34-50)60(47)67(64(6,8-2)40-39-46-27-15-9-16-28-46)61-55(48-29-17-10-18-30-48)42-53(43-56(61)49-31-19-11-20-32-49)59-45-58(51-35-23-13-24-36-51)65-62(66-59)52-37-25-14-26-38-52/h9-45H,7-8H2,1-6H3/b40-39+. The Morgan fingerprint density at radius 2 is 0.851 bits per heavy atom. The van der Waals surface area contributed by atoms with Gasteiger partial charge in [-0.3, -0.25) is 0 Å². The molecular weight excluding hydrogens is 811 g/mol. The van der Waals surface area contributed by atoms with Crippen LogP contribution in [-0.2, 0) is 11.8 Å². The Bertz CT molecular complexity index is 2980.